The number of halogens is 6. The summed E-state index contributed by atoms with van der Waals surface area (Å²) in [5.74, 6) is -0.841. The van der Waals surface area contributed by atoms with E-state index in [1.807, 2.05) is 60.7 Å². The van der Waals surface area contributed by atoms with Crippen LogP contribution in [0.5, 0.6) is 0 Å². The minimum atomic E-state index is -5.03. The fourth-order valence-electron chi connectivity index (χ4n) is 5.31. The Balaban J connectivity index is 1.38. The maximum Gasteiger partial charge on any atom is 0.416 e. The molecule has 1 amide bonds. The van der Waals surface area contributed by atoms with E-state index in [4.69, 9.17) is 0 Å². The molecule has 0 unspecified atom stereocenters. The zero-order valence-electron chi connectivity index (χ0n) is 21.3. The van der Waals surface area contributed by atoms with Crippen LogP contribution >= 0.6 is 0 Å². The lowest BCUT2D eigenvalue weighted by Gasteiger charge is -2.40. The molecule has 5 rings (SSSR count). The van der Waals surface area contributed by atoms with Crippen molar-refractivity contribution in [1.82, 2.24) is 15.2 Å². The largest absolute Gasteiger partial charge is 0.416 e. The van der Waals surface area contributed by atoms with Gasteiger partial charge in [0, 0.05) is 41.9 Å². The Kier molecular flexibility index (Phi) is 7.63. The van der Waals surface area contributed by atoms with Gasteiger partial charge in [-0.05, 0) is 60.5 Å². The first kappa shape index (κ1) is 27.8. The molecular weight excluding hydrogens is 532 g/mol. The predicted molar refractivity (Wildman–Crippen MR) is 140 cm³/mol. The SMILES string of the molecule is O=C(c1cc(C(F)(F)F)cc(C(F)(F)F)c1)N1CC[C@H](NCc2cc3ccccc3[nH]2)C[C@@H]1Cc1ccccc1. The highest BCUT2D eigenvalue weighted by molar-refractivity contribution is 5.95. The van der Waals surface area contributed by atoms with Gasteiger partial charge in [0.25, 0.3) is 5.91 Å². The van der Waals surface area contributed by atoms with Crippen LogP contribution in [0.25, 0.3) is 10.9 Å². The van der Waals surface area contributed by atoms with E-state index in [2.05, 4.69) is 10.3 Å². The van der Waals surface area contributed by atoms with E-state index >= 15 is 0 Å². The number of benzene rings is 3. The number of hydrogen-bond acceptors (Lipinski definition) is 2. The second kappa shape index (κ2) is 11.0. The van der Waals surface area contributed by atoms with Crippen molar-refractivity contribution >= 4 is 16.8 Å². The Bertz CT molecular complexity index is 1410. The molecule has 1 aromatic heterocycles. The number of likely N-dealkylation sites (tertiary alicyclic amines) is 1. The van der Waals surface area contributed by atoms with Gasteiger partial charge < -0.3 is 15.2 Å². The summed E-state index contributed by atoms with van der Waals surface area (Å²) in [5, 5.41) is 4.59. The van der Waals surface area contributed by atoms with Crippen LogP contribution in [-0.4, -0.2) is 34.4 Å². The van der Waals surface area contributed by atoms with Gasteiger partial charge in [-0.3, -0.25) is 4.79 Å². The van der Waals surface area contributed by atoms with Gasteiger partial charge in [0.1, 0.15) is 0 Å². The Morgan fingerprint density at radius 3 is 2.17 bits per heavy atom. The lowest BCUT2D eigenvalue weighted by Crippen LogP contribution is -2.51. The molecule has 1 fully saturated rings. The molecule has 0 radical (unpaired) electrons. The monoisotopic (exact) mass is 559 g/mol. The van der Waals surface area contributed by atoms with Crippen LogP contribution in [-0.2, 0) is 25.3 Å². The molecule has 2 atom stereocenters. The first-order chi connectivity index (χ1) is 19.0. The molecule has 10 heteroatoms. The van der Waals surface area contributed by atoms with E-state index in [9.17, 15) is 31.1 Å². The quantitative estimate of drug-likeness (QED) is 0.245. The van der Waals surface area contributed by atoms with Crippen molar-refractivity contribution in [3.05, 3.63) is 107 Å². The van der Waals surface area contributed by atoms with E-state index in [-0.39, 0.29) is 18.7 Å². The van der Waals surface area contributed by atoms with Gasteiger partial charge in [-0.1, -0.05) is 48.5 Å². The number of fused-ring (bicyclic) bond motifs is 1. The number of para-hydroxylation sites is 1. The summed E-state index contributed by atoms with van der Waals surface area (Å²) < 4.78 is 80.7. The minimum Gasteiger partial charge on any atom is -0.357 e. The number of piperidine rings is 1. The molecule has 4 aromatic rings. The van der Waals surface area contributed by atoms with E-state index in [0.29, 0.717) is 37.9 Å². The number of H-pyrrole nitrogens is 1. The summed E-state index contributed by atoms with van der Waals surface area (Å²) in [4.78, 5) is 18.3. The van der Waals surface area contributed by atoms with Gasteiger partial charge in [0.15, 0.2) is 0 Å². The number of aromatic amines is 1. The fraction of sp³-hybridized carbons (Fsp3) is 0.300. The molecule has 40 heavy (non-hydrogen) atoms. The van der Waals surface area contributed by atoms with Crippen molar-refractivity contribution in [3.63, 3.8) is 0 Å². The molecule has 0 spiro atoms. The molecular formula is C30H27F6N3O. The highest BCUT2D eigenvalue weighted by atomic mass is 19.4. The third-order valence-corrected chi connectivity index (χ3v) is 7.29. The first-order valence-corrected chi connectivity index (χ1v) is 12.9. The third kappa shape index (κ3) is 6.33. The molecule has 1 aliphatic rings. The summed E-state index contributed by atoms with van der Waals surface area (Å²) in [5.41, 5.74) is -0.699. The predicted octanol–water partition coefficient (Wildman–Crippen LogP) is 7.21. The molecule has 2 N–H and O–H groups in total. The zero-order chi connectivity index (χ0) is 28.5. The highest BCUT2D eigenvalue weighted by Crippen LogP contribution is 2.37. The topological polar surface area (TPSA) is 48.1 Å². The average molecular weight is 560 g/mol. The number of aromatic nitrogens is 1. The maximum absolute atomic E-state index is 13.5. The number of rotatable bonds is 6. The van der Waals surface area contributed by atoms with Crippen LogP contribution in [0.1, 0.15) is 45.6 Å². The molecule has 4 nitrogen and oxygen atoms in total. The lowest BCUT2D eigenvalue weighted by atomic mass is 9.91. The summed E-state index contributed by atoms with van der Waals surface area (Å²) in [6.45, 7) is 0.742. The third-order valence-electron chi connectivity index (χ3n) is 7.29. The number of hydrogen-bond donors (Lipinski definition) is 2. The average Bonchev–Trinajstić information content (AvgIpc) is 3.34. The molecule has 2 heterocycles. The van der Waals surface area contributed by atoms with Crippen LogP contribution < -0.4 is 5.32 Å². The second-order valence-electron chi connectivity index (χ2n) is 10.1. The van der Waals surface area contributed by atoms with Crippen molar-refractivity contribution in [2.75, 3.05) is 6.54 Å². The number of carbonyl (C=O) groups excluding carboxylic acids is 1. The van der Waals surface area contributed by atoms with Crippen LogP contribution in [0.15, 0.2) is 78.9 Å². The van der Waals surface area contributed by atoms with E-state index in [1.54, 1.807) is 0 Å². The van der Waals surface area contributed by atoms with Crippen molar-refractivity contribution in [2.24, 2.45) is 0 Å². The number of amides is 1. The van der Waals surface area contributed by atoms with Gasteiger partial charge in [-0.25, -0.2) is 0 Å². The first-order valence-electron chi connectivity index (χ1n) is 12.9. The van der Waals surface area contributed by atoms with Crippen LogP contribution in [0, 0.1) is 0 Å². The molecule has 210 valence electrons. The Morgan fingerprint density at radius 2 is 1.52 bits per heavy atom. The summed E-state index contributed by atoms with van der Waals surface area (Å²) in [7, 11) is 0. The number of carbonyl (C=O) groups is 1. The molecule has 0 bridgehead atoms. The van der Waals surface area contributed by atoms with Crippen molar-refractivity contribution in [3.8, 4) is 0 Å². The van der Waals surface area contributed by atoms with Crippen LogP contribution in [0.2, 0.25) is 0 Å². The molecule has 3 aromatic carbocycles. The van der Waals surface area contributed by atoms with E-state index < -0.39 is 41.0 Å². The molecule has 1 saturated heterocycles. The summed E-state index contributed by atoms with van der Waals surface area (Å²) in [6, 6.07) is 19.9. The van der Waals surface area contributed by atoms with Gasteiger partial charge >= 0.3 is 12.4 Å². The van der Waals surface area contributed by atoms with Gasteiger partial charge in [-0.15, -0.1) is 0 Å². The smallest absolute Gasteiger partial charge is 0.357 e. The van der Waals surface area contributed by atoms with Crippen molar-refractivity contribution in [2.45, 2.75) is 50.2 Å². The van der Waals surface area contributed by atoms with Gasteiger partial charge in [0.05, 0.1) is 11.1 Å². The lowest BCUT2D eigenvalue weighted by molar-refractivity contribution is -0.143. The van der Waals surface area contributed by atoms with Gasteiger partial charge in [-0.2, -0.15) is 26.3 Å². The summed E-state index contributed by atoms with van der Waals surface area (Å²) in [6.07, 6.45) is -8.64. The molecule has 0 saturated carbocycles. The Labute approximate surface area is 227 Å². The van der Waals surface area contributed by atoms with Crippen molar-refractivity contribution in [1.29, 1.82) is 0 Å². The highest BCUT2D eigenvalue weighted by Gasteiger charge is 2.39. The molecule has 0 aliphatic carbocycles. The Hall–Kier alpha value is -3.79. The standard InChI is InChI=1S/C30H27F6N3O/c31-29(32,33)22-13-21(14-23(16-22)30(34,35)36)28(40)39-11-10-24(17-26(39)12-19-6-2-1-3-7-19)37-18-25-15-20-8-4-5-9-27(20)38-25/h1-9,13-16,24,26,37-38H,10-12,17-18H2/t24-,26-/m0/s1. The van der Waals surface area contributed by atoms with E-state index in [0.717, 1.165) is 22.2 Å². The number of nitrogens with one attached hydrogen (secondary N) is 2. The summed E-state index contributed by atoms with van der Waals surface area (Å²) >= 11 is 0. The maximum atomic E-state index is 13.5. The molecule has 1 aliphatic heterocycles. The van der Waals surface area contributed by atoms with Crippen LogP contribution in [0.3, 0.4) is 0 Å². The second-order valence-corrected chi connectivity index (χ2v) is 10.1. The van der Waals surface area contributed by atoms with Crippen molar-refractivity contribution < 1.29 is 31.1 Å². The van der Waals surface area contributed by atoms with Gasteiger partial charge in [0.2, 0.25) is 0 Å². The van der Waals surface area contributed by atoms with E-state index in [1.165, 1.54) is 4.90 Å². The minimum absolute atomic E-state index is 0.00331. The van der Waals surface area contributed by atoms with Crippen LogP contribution in [0.4, 0.5) is 26.3 Å². The fourth-order valence-corrected chi connectivity index (χ4v) is 5.31. The zero-order valence-corrected chi connectivity index (χ0v) is 21.3. The Morgan fingerprint density at radius 1 is 0.875 bits per heavy atom. The number of alkyl halides is 6. The number of nitrogens with zero attached hydrogens (tertiary/aromatic N) is 1. The normalized spacial score (nSPS) is 18.3.